The second-order valence-corrected chi connectivity index (χ2v) is 7.22. The maximum absolute atomic E-state index is 12.8. The first-order chi connectivity index (χ1) is 13.7. The molecule has 0 radical (unpaired) electrons. The van der Waals surface area contributed by atoms with Crippen molar-refractivity contribution >= 4 is 17.6 Å². The number of hydrogen-bond acceptors (Lipinski definition) is 4. The molecule has 4 heteroatoms. The standard InChI is InChI=1S/C24H23NO3/c26-21-15-20(12-11-18-7-3-1-4-8-18)16-22(27)23(21)24-25(13-14-28-24)17-19-9-5-2-6-10-19/h1-12,20H,13-17H2/b12-11+,24-23?. The Morgan fingerprint density at radius 3 is 2.25 bits per heavy atom. The van der Waals surface area contributed by atoms with Gasteiger partial charge in [-0.2, -0.15) is 0 Å². The molecule has 0 N–H and O–H groups in total. The Morgan fingerprint density at radius 1 is 0.929 bits per heavy atom. The van der Waals surface area contributed by atoms with Crippen molar-refractivity contribution in [3.63, 3.8) is 0 Å². The van der Waals surface area contributed by atoms with E-state index in [9.17, 15) is 9.59 Å². The lowest BCUT2D eigenvalue weighted by atomic mass is 9.83. The maximum atomic E-state index is 12.8. The molecule has 1 saturated carbocycles. The van der Waals surface area contributed by atoms with Crippen molar-refractivity contribution in [3.8, 4) is 0 Å². The number of nitrogens with zero attached hydrogens (tertiary/aromatic N) is 1. The van der Waals surface area contributed by atoms with Crippen LogP contribution in [0.2, 0.25) is 0 Å². The molecule has 0 aromatic heterocycles. The molecule has 1 heterocycles. The highest BCUT2D eigenvalue weighted by Gasteiger charge is 2.36. The van der Waals surface area contributed by atoms with Crippen LogP contribution in [0.1, 0.15) is 24.0 Å². The summed E-state index contributed by atoms with van der Waals surface area (Å²) in [6.45, 7) is 1.83. The van der Waals surface area contributed by atoms with Crippen molar-refractivity contribution in [1.82, 2.24) is 4.90 Å². The summed E-state index contributed by atoms with van der Waals surface area (Å²) in [5, 5.41) is 0. The van der Waals surface area contributed by atoms with Gasteiger partial charge >= 0.3 is 0 Å². The van der Waals surface area contributed by atoms with Crippen LogP contribution < -0.4 is 0 Å². The molecule has 2 aromatic rings. The lowest BCUT2D eigenvalue weighted by Gasteiger charge is -2.24. The minimum absolute atomic E-state index is 0.0615. The summed E-state index contributed by atoms with van der Waals surface area (Å²) in [5.74, 6) is 0.167. The fraction of sp³-hybridized carbons (Fsp3) is 0.250. The summed E-state index contributed by atoms with van der Waals surface area (Å²) in [5.41, 5.74) is 2.45. The Balaban J connectivity index is 1.50. The van der Waals surface area contributed by atoms with Crippen LogP contribution in [0.15, 0.2) is 78.2 Å². The molecule has 0 atom stereocenters. The van der Waals surface area contributed by atoms with Crippen LogP contribution in [0.4, 0.5) is 0 Å². The third-order valence-corrected chi connectivity index (χ3v) is 5.13. The van der Waals surface area contributed by atoms with Crippen molar-refractivity contribution < 1.29 is 14.3 Å². The number of carbonyl (C=O) groups excluding carboxylic acids is 2. The van der Waals surface area contributed by atoms with E-state index in [2.05, 4.69) is 0 Å². The monoisotopic (exact) mass is 373 g/mol. The van der Waals surface area contributed by atoms with Crippen LogP contribution in [0.3, 0.4) is 0 Å². The first kappa shape index (κ1) is 18.2. The van der Waals surface area contributed by atoms with Gasteiger partial charge in [-0.05, 0) is 17.0 Å². The van der Waals surface area contributed by atoms with Crippen molar-refractivity contribution in [2.45, 2.75) is 19.4 Å². The summed E-state index contributed by atoms with van der Waals surface area (Å²) in [4.78, 5) is 27.6. The fourth-order valence-corrected chi connectivity index (χ4v) is 3.72. The highest BCUT2D eigenvalue weighted by molar-refractivity contribution is 6.22. The van der Waals surface area contributed by atoms with E-state index in [-0.39, 0.29) is 23.1 Å². The SMILES string of the molecule is O=C1CC(/C=C/c2ccccc2)CC(=O)C1=C1OCCN1Cc1ccccc1. The number of carbonyl (C=O) groups is 2. The number of rotatable bonds is 4. The summed E-state index contributed by atoms with van der Waals surface area (Å²) >= 11 is 0. The van der Waals surface area contributed by atoms with Crippen LogP contribution >= 0.6 is 0 Å². The molecule has 1 aliphatic heterocycles. The Labute approximate surface area is 165 Å². The Morgan fingerprint density at radius 2 is 1.57 bits per heavy atom. The van der Waals surface area contributed by atoms with Crippen molar-refractivity contribution in [2.75, 3.05) is 13.2 Å². The molecule has 0 bridgehead atoms. The van der Waals surface area contributed by atoms with Gasteiger partial charge in [0.15, 0.2) is 11.6 Å². The van der Waals surface area contributed by atoms with Crippen LogP contribution in [0.25, 0.3) is 6.08 Å². The number of ketones is 2. The Hall–Kier alpha value is -3.14. The average Bonchev–Trinajstić information content (AvgIpc) is 3.15. The van der Waals surface area contributed by atoms with Gasteiger partial charge in [-0.15, -0.1) is 0 Å². The van der Waals surface area contributed by atoms with Gasteiger partial charge in [0.1, 0.15) is 12.2 Å². The van der Waals surface area contributed by atoms with E-state index in [1.807, 2.05) is 77.7 Å². The lowest BCUT2D eigenvalue weighted by molar-refractivity contribution is -0.125. The Kier molecular flexibility index (Phi) is 5.38. The van der Waals surface area contributed by atoms with Gasteiger partial charge in [0.25, 0.3) is 0 Å². The Bertz CT molecular complexity index is 895. The molecular weight excluding hydrogens is 350 g/mol. The van der Waals surface area contributed by atoms with Gasteiger partial charge in [0, 0.05) is 19.4 Å². The predicted molar refractivity (Wildman–Crippen MR) is 108 cm³/mol. The van der Waals surface area contributed by atoms with E-state index in [1.54, 1.807) is 0 Å². The van der Waals surface area contributed by atoms with Crippen LogP contribution in [0, 0.1) is 5.92 Å². The number of allylic oxidation sites excluding steroid dienone is 2. The van der Waals surface area contributed by atoms with Gasteiger partial charge in [0.2, 0.25) is 5.88 Å². The number of ether oxygens (including phenoxy) is 1. The first-order valence-electron chi connectivity index (χ1n) is 9.66. The average molecular weight is 373 g/mol. The molecule has 2 aliphatic rings. The summed E-state index contributed by atoms with van der Waals surface area (Å²) in [7, 11) is 0. The molecule has 4 nitrogen and oxygen atoms in total. The highest BCUT2D eigenvalue weighted by Crippen LogP contribution is 2.30. The lowest BCUT2D eigenvalue weighted by Crippen LogP contribution is -2.30. The normalized spacial score (nSPS) is 20.1. The highest BCUT2D eigenvalue weighted by atomic mass is 16.5. The first-order valence-corrected chi connectivity index (χ1v) is 9.66. The molecule has 0 amide bonds. The van der Waals surface area contributed by atoms with Crippen molar-refractivity contribution in [1.29, 1.82) is 0 Å². The van der Waals surface area contributed by atoms with E-state index in [4.69, 9.17) is 4.74 Å². The van der Waals surface area contributed by atoms with E-state index < -0.39 is 0 Å². The molecule has 142 valence electrons. The molecule has 4 rings (SSSR count). The van der Waals surface area contributed by atoms with Gasteiger partial charge in [0.05, 0.1) is 6.54 Å². The van der Waals surface area contributed by atoms with Gasteiger partial charge in [-0.3, -0.25) is 9.59 Å². The second-order valence-electron chi connectivity index (χ2n) is 7.22. The zero-order chi connectivity index (χ0) is 19.3. The van der Waals surface area contributed by atoms with Crippen LogP contribution in [-0.2, 0) is 20.9 Å². The third-order valence-electron chi connectivity index (χ3n) is 5.13. The molecule has 2 aromatic carbocycles. The molecular formula is C24H23NO3. The van der Waals surface area contributed by atoms with Crippen LogP contribution in [0.5, 0.6) is 0 Å². The molecule has 28 heavy (non-hydrogen) atoms. The molecule has 1 aliphatic carbocycles. The van der Waals surface area contributed by atoms with E-state index in [1.165, 1.54) is 0 Å². The van der Waals surface area contributed by atoms with Crippen LogP contribution in [-0.4, -0.2) is 29.6 Å². The molecule has 0 spiro atoms. The number of benzene rings is 2. The molecule has 0 unspecified atom stereocenters. The predicted octanol–water partition coefficient (Wildman–Crippen LogP) is 3.99. The fourth-order valence-electron chi connectivity index (χ4n) is 3.72. The topological polar surface area (TPSA) is 46.6 Å². The minimum atomic E-state index is -0.117. The molecule has 2 fully saturated rings. The van der Waals surface area contributed by atoms with E-state index in [0.29, 0.717) is 38.4 Å². The maximum Gasteiger partial charge on any atom is 0.204 e. The quantitative estimate of drug-likeness (QED) is 0.601. The number of Topliss-reactive ketones (excluding diaryl/α,β-unsaturated/α-hetero) is 2. The van der Waals surface area contributed by atoms with Crippen molar-refractivity contribution in [2.24, 2.45) is 5.92 Å². The van der Waals surface area contributed by atoms with Crippen molar-refractivity contribution in [3.05, 3.63) is 89.3 Å². The van der Waals surface area contributed by atoms with Gasteiger partial charge in [-0.1, -0.05) is 72.8 Å². The largest absolute Gasteiger partial charge is 0.477 e. The van der Waals surface area contributed by atoms with Gasteiger partial charge < -0.3 is 9.64 Å². The molecule has 1 saturated heterocycles. The smallest absolute Gasteiger partial charge is 0.204 e. The number of hydrogen-bond donors (Lipinski definition) is 0. The minimum Gasteiger partial charge on any atom is -0.477 e. The summed E-state index contributed by atoms with van der Waals surface area (Å²) in [6, 6.07) is 19.9. The van der Waals surface area contributed by atoms with E-state index in [0.717, 1.165) is 11.1 Å². The summed E-state index contributed by atoms with van der Waals surface area (Å²) < 4.78 is 5.73. The third kappa shape index (κ3) is 4.06. The summed E-state index contributed by atoms with van der Waals surface area (Å²) in [6.07, 6.45) is 4.65. The van der Waals surface area contributed by atoms with E-state index >= 15 is 0 Å². The zero-order valence-electron chi connectivity index (χ0n) is 15.7. The zero-order valence-corrected chi connectivity index (χ0v) is 15.7. The second kappa shape index (κ2) is 8.26. The van der Waals surface area contributed by atoms with Gasteiger partial charge in [-0.25, -0.2) is 0 Å².